The Labute approximate surface area is 124 Å². The normalized spacial score (nSPS) is 10.7. The molecule has 2 aromatic rings. The summed E-state index contributed by atoms with van der Waals surface area (Å²) >= 11 is 0. The number of carbonyl (C=O) groups excluding carboxylic acids is 1. The SMILES string of the molecule is CCOC(=O)c1ccc(N)c(-n2nc(C)c(CC)c2C)c1. The third-order valence-corrected chi connectivity index (χ3v) is 3.56. The molecule has 0 spiro atoms. The average Bonchev–Trinajstić information content (AvgIpc) is 2.74. The predicted octanol–water partition coefficient (Wildman–Crippen LogP) is 2.81. The molecule has 1 aromatic heterocycles. The highest BCUT2D eigenvalue weighted by atomic mass is 16.5. The van der Waals surface area contributed by atoms with E-state index in [0.717, 1.165) is 17.8 Å². The molecule has 2 N–H and O–H groups in total. The summed E-state index contributed by atoms with van der Waals surface area (Å²) in [5, 5.41) is 4.54. The first-order chi connectivity index (χ1) is 9.99. The minimum absolute atomic E-state index is 0.346. The largest absolute Gasteiger partial charge is 0.462 e. The van der Waals surface area contributed by atoms with E-state index < -0.39 is 0 Å². The number of anilines is 1. The summed E-state index contributed by atoms with van der Waals surface area (Å²) in [5.74, 6) is -0.351. The van der Waals surface area contributed by atoms with E-state index >= 15 is 0 Å². The molecule has 0 saturated heterocycles. The number of hydrogen-bond acceptors (Lipinski definition) is 4. The lowest BCUT2D eigenvalue weighted by atomic mass is 10.1. The molecule has 0 radical (unpaired) electrons. The summed E-state index contributed by atoms with van der Waals surface area (Å²) in [6.45, 7) is 8.21. The number of esters is 1. The first-order valence-corrected chi connectivity index (χ1v) is 7.11. The van der Waals surface area contributed by atoms with Gasteiger partial charge in [0.15, 0.2) is 0 Å². The van der Waals surface area contributed by atoms with Gasteiger partial charge < -0.3 is 10.5 Å². The standard InChI is InChI=1S/C16H21N3O2/c1-5-13-10(3)18-19(11(13)4)15-9-12(7-8-14(15)17)16(20)21-6-2/h7-9H,5-6,17H2,1-4H3. The van der Waals surface area contributed by atoms with Gasteiger partial charge in [-0.25, -0.2) is 9.48 Å². The van der Waals surface area contributed by atoms with Crippen molar-refractivity contribution in [2.75, 3.05) is 12.3 Å². The molecule has 0 aliphatic heterocycles. The van der Waals surface area contributed by atoms with Gasteiger partial charge in [-0.05, 0) is 51.0 Å². The second-order valence-electron chi connectivity index (χ2n) is 4.91. The van der Waals surface area contributed by atoms with Crippen molar-refractivity contribution in [3.05, 3.63) is 40.7 Å². The molecule has 1 aromatic carbocycles. The Morgan fingerprint density at radius 3 is 2.62 bits per heavy atom. The van der Waals surface area contributed by atoms with Crippen LogP contribution < -0.4 is 5.73 Å². The molecular formula is C16H21N3O2. The van der Waals surface area contributed by atoms with Gasteiger partial charge in [0.25, 0.3) is 0 Å². The van der Waals surface area contributed by atoms with E-state index in [1.165, 1.54) is 5.56 Å². The third kappa shape index (κ3) is 2.77. The molecule has 0 amide bonds. The van der Waals surface area contributed by atoms with Crippen LogP contribution in [-0.2, 0) is 11.2 Å². The highest BCUT2D eigenvalue weighted by Crippen LogP contribution is 2.24. The van der Waals surface area contributed by atoms with Crippen molar-refractivity contribution < 1.29 is 9.53 Å². The van der Waals surface area contributed by atoms with Gasteiger partial charge in [0.1, 0.15) is 0 Å². The zero-order chi connectivity index (χ0) is 15.6. The highest BCUT2D eigenvalue weighted by Gasteiger charge is 2.15. The highest BCUT2D eigenvalue weighted by molar-refractivity contribution is 5.91. The van der Waals surface area contributed by atoms with Gasteiger partial charge in [-0.15, -0.1) is 0 Å². The summed E-state index contributed by atoms with van der Waals surface area (Å²) in [7, 11) is 0. The van der Waals surface area contributed by atoms with Crippen molar-refractivity contribution in [1.29, 1.82) is 0 Å². The lowest BCUT2D eigenvalue weighted by Gasteiger charge is -2.10. The monoisotopic (exact) mass is 287 g/mol. The lowest BCUT2D eigenvalue weighted by Crippen LogP contribution is -2.09. The number of ether oxygens (including phenoxy) is 1. The van der Waals surface area contributed by atoms with Crippen LogP contribution in [0.3, 0.4) is 0 Å². The van der Waals surface area contributed by atoms with Crippen LogP contribution >= 0.6 is 0 Å². The van der Waals surface area contributed by atoms with Gasteiger partial charge >= 0.3 is 5.97 Å². The predicted molar refractivity (Wildman–Crippen MR) is 82.8 cm³/mol. The van der Waals surface area contributed by atoms with Crippen LogP contribution in [-0.4, -0.2) is 22.4 Å². The molecule has 0 aliphatic carbocycles. The molecule has 5 heteroatoms. The van der Waals surface area contributed by atoms with Gasteiger partial charge in [0.2, 0.25) is 0 Å². The van der Waals surface area contributed by atoms with Crippen LogP contribution in [0.4, 0.5) is 5.69 Å². The number of hydrogen-bond donors (Lipinski definition) is 1. The van der Waals surface area contributed by atoms with Gasteiger partial charge in [0.05, 0.1) is 29.2 Å². The molecule has 112 valence electrons. The maximum absolute atomic E-state index is 11.9. The molecule has 0 saturated carbocycles. The van der Waals surface area contributed by atoms with Crippen LogP contribution in [0.25, 0.3) is 5.69 Å². The van der Waals surface area contributed by atoms with Crippen molar-refractivity contribution in [2.45, 2.75) is 34.1 Å². The Morgan fingerprint density at radius 1 is 1.33 bits per heavy atom. The van der Waals surface area contributed by atoms with Crippen LogP contribution in [0.1, 0.15) is 41.2 Å². The second kappa shape index (κ2) is 5.99. The molecule has 0 atom stereocenters. The molecule has 0 fully saturated rings. The average molecular weight is 287 g/mol. The number of nitrogen functional groups attached to an aromatic ring is 1. The Balaban J connectivity index is 2.53. The first-order valence-electron chi connectivity index (χ1n) is 7.11. The number of aryl methyl sites for hydroxylation is 1. The van der Waals surface area contributed by atoms with E-state index in [1.54, 1.807) is 29.8 Å². The lowest BCUT2D eigenvalue weighted by molar-refractivity contribution is 0.0526. The number of aromatic nitrogens is 2. The molecular weight excluding hydrogens is 266 g/mol. The smallest absolute Gasteiger partial charge is 0.338 e. The Hall–Kier alpha value is -2.30. The van der Waals surface area contributed by atoms with Crippen LogP contribution in [0.15, 0.2) is 18.2 Å². The molecule has 0 bridgehead atoms. The summed E-state index contributed by atoms with van der Waals surface area (Å²) in [6.07, 6.45) is 0.912. The number of benzene rings is 1. The second-order valence-corrected chi connectivity index (χ2v) is 4.91. The zero-order valence-electron chi connectivity index (χ0n) is 12.9. The van der Waals surface area contributed by atoms with Gasteiger partial charge in [-0.2, -0.15) is 5.10 Å². The summed E-state index contributed by atoms with van der Waals surface area (Å²) < 4.78 is 6.83. The van der Waals surface area contributed by atoms with E-state index in [0.29, 0.717) is 23.5 Å². The minimum Gasteiger partial charge on any atom is -0.462 e. The minimum atomic E-state index is -0.351. The quantitative estimate of drug-likeness (QED) is 0.693. The van der Waals surface area contributed by atoms with Crippen LogP contribution in [0.5, 0.6) is 0 Å². The van der Waals surface area contributed by atoms with Crippen LogP contribution in [0, 0.1) is 13.8 Å². The van der Waals surface area contributed by atoms with E-state index in [2.05, 4.69) is 12.0 Å². The Kier molecular flexibility index (Phi) is 4.31. The van der Waals surface area contributed by atoms with E-state index in [4.69, 9.17) is 10.5 Å². The molecule has 5 nitrogen and oxygen atoms in total. The maximum atomic E-state index is 11.9. The van der Waals surface area contributed by atoms with Crippen molar-refractivity contribution in [3.63, 3.8) is 0 Å². The third-order valence-electron chi connectivity index (χ3n) is 3.56. The number of nitrogens with two attached hydrogens (primary N) is 1. The fourth-order valence-corrected chi connectivity index (χ4v) is 2.49. The molecule has 2 rings (SSSR count). The van der Waals surface area contributed by atoms with E-state index in [1.807, 2.05) is 13.8 Å². The number of carbonyl (C=O) groups is 1. The van der Waals surface area contributed by atoms with Crippen LogP contribution in [0.2, 0.25) is 0 Å². The fraction of sp³-hybridized carbons (Fsp3) is 0.375. The Bertz CT molecular complexity index is 674. The van der Waals surface area contributed by atoms with Crippen molar-refractivity contribution in [2.24, 2.45) is 0 Å². The maximum Gasteiger partial charge on any atom is 0.338 e. The van der Waals surface area contributed by atoms with Crippen molar-refractivity contribution in [1.82, 2.24) is 9.78 Å². The molecule has 0 aliphatic rings. The molecule has 0 unspecified atom stereocenters. The Morgan fingerprint density at radius 2 is 2.05 bits per heavy atom. The fourth-order valence-electron chi connectivity index (χ4n) is 2.49. The summed E-state index contributed by atoms with van der Waals surface area (Å²) in [4.78, 5) is 11.9. The van der Waals surface area contributed by atoms with Crippen molar-refractivity contribution in [3.8, 4) is 5.69 Å². The zero-order valence-corrected chi connectivity index (χ0v) is 12.9. The molecule has 1 heterocycles. The summed E-state index contributed by atoms with van der Waals surface area (Å²) in [5.41, 5.74) is 11.1. The number of nitrogens with zero attached hydrogens (tertiary/aromatic N) is 2. The van der Waals surface area contributed by atoms with Gasteiger partial charge in [-0.1, -0.05) is 6.92 Å². The summed E-state index contributed by atoms with van der Waals surface area (Å²) in [6, 6.07) is 5.11. The first kappa shape index (κ1) is 15.1. The van der Waals surface area contributed by atoms with E-state index in [-0.39, 0.29) is 5.97 Å². The van der Waals surface area contributed by atoms with Gasteiger partial charge in [0, 0.05) is 5.69 Å². The van der Waals surface area contributed by atoms with Crippen molar-refractivity contribution >= 4 is 11.7 Å². The van der Waals surface area contributed by atoms with E-state index in [9.17, 15) is 4.79 Å². The number of rotatable bonds is 4. The topological polar surface area (TPSA) is 70.1 Å². The van der Waals surface area contributed by atoms with Gasteiger partial charge in [-0.3, -0.25) is 0 Å². The molecule has 21 heavy (non-hydrogen) atoms.